The molecule has 3 aromatic rings. The van der Waals surface area contributed by atoms with Crippen LogP contribution in [0.5, 0.6) is 17.2 Å². The number of rotatable bonds is 3. The molecule has 0 amide bonds. The van der Waals surface area contributed by atoms with Crippen molar-refractivity contribution in [2.45, 2.75) is 48.8 Å². The van der Waals surface area contributed by atoms with Gasteiger partial charge in [0.05, 0.1) is 24.3 Å². The Kier molecular flexibility index (Phi) is 6.79. The highest BCUT2D eigenvalue weighted by atomic mass is 16.5. The Bertz CT molecular complexity index is 1400. The quantitative estimate of drug-likeness (QED) is 0.194. The monoisotopic (exact) mass is 534 g/mol. The third kappa shape index (κ3) is 4.19. The molecule has 204 valence electrons. The lowest BCUT2D eigenvalue weighted by atomic mass is 9.87. The minimum absolute atomic E-state index is 0.0475. The van der Waals surface area contributed by atoms with Gasteiger partial charge in [0.25, 0.3) is 0 Å². The van der Waals surface area contributed by atoms with Gasteiger partial charge in [0.15, 0.2) is 11.0 Å². The second-order valence-corrected chi connectivity index (χ2v) is 9.36. The van der Waals surface area contributed by atoms with Crippen molar-refractivity contribution in [2.24, 2.45) is 0 Å². The number of phenolic OH excluding ortho intramolecular Hbond substituents is 3. The average Bonchev–Trinajstić information content (AvgIpc) is 2.88. The summed E-state index contributed by atoms with van der Waals surface area (Å²) in [6.45, 7) is -0.966. The molecule has 13 nitrogen and oxygen atoms in total. The lowest BCUT2D eigenvalue weighted by molar-refractivity contribution is -0.191. The van der Waals surface area contributed by atoms with E-state index in [0.717, 1.165) is 6.07 Å². The van der Waals surface area contributed by atoms with Crippen molar-refractivity contribution in [3.63, 3.8) is 0 Å². The van der Waals surface area contributed by atoms with E-state index in [1.54, 1.807) is 0 Å². The molecule has 0 bridgehead atoms. The molecular formula is C25H26O13. The molecule has 13 heteroatoms. The zero-order valence-electron chi connectivity index (χ0n) is 19.6. The first-order valence-corrected chi connectivity index (χ1v) is 11.7. The maximum atomic E-state index is 13.3. The molecule has 8 atom stereocenters. The molecule has 0 saturated carbocycles. The van der Waals surface area contributed by atoms with E-state index in [1.165, 1.54) is 24.3 Å². The van der Waals surface area contributed by atoms with Gasteiger partial charge in [-0.2, -0.15) is 0 Å². The molecule has 38 heavy (non-hydrogen) atoms. The summed E-state index contributed by atoms with van der Waals surface area (Å²) in [4.78, 5) is 13.3. The van der Waals surface area contributed by atoms with Crippen LogP contribution in [0.3, 0.4) is 0 Å². The number of hydrogen-bond acceptors (Lipinski definition) is 13. The first kappa shape index (κ1) is 26.3. The van der Waals surface area contributed by atoms with Crippen LogP contribution in [0.2, 0.25) is 0 Å². The second-order valence-electron chi connectivity index (χ2n) is 9.36. The SMILES string of the molecule is O=c1cc(-c2ccc(O)cc2)oc2c([C@@H]3OC[C@@H](O)[C@H](O)[C@H]3O)c(O)c([C@@H]3OC[C@H](O)[C@@H](O)[C@H]3O)c(O)c12. The van der Waals surface area contributed by atoms with Crippen LogP contribution in [0, 0.1) is 0 Å². The first-order chi connectivity index (χ1) is 18.0. The molecule has 1 aromatic heterocycles. The van der Waals surface area contributed by atoms with E-state index < -0.39 is 101 Å². The van der Waals surface area contributed by atoms with Gasteiger partial charge in [-0.1, -0.05) is 0 Å². The fraction of sp³-hybridized carbons (Fsp3) is 0.400. The fourth-order valence-electron chi connectivity index (χ4n) is 4.83. The molecule has 0 radical (unpaired) electrons. The number of fused-ring (bicyclic) bond motifs is 1. The maximum absolute atomic E-state index is 13.3. The van der Waals surface area contributed by atoms with E-state index in [4.69, 9.17) is 13.9 Å². The predicted octanol–water partition coefficient (Wildman–Crippen LogP) is -1.12. The summed E-state index contributed by atoms with van der Waals surface area (Å²) in [6, 6.07) is 6.60. The average molecular weight is 534 g/mol. The van der Waals surface area contributed by atoms with Crippen LogP contribution in [-0.2, 0) is 9.47 Å². The van der Waals surface area contributed by atoms with Gasteiger partial charge in [-0.15, -0.1) is 0 Å². The lowest BCUT2D eigenvalue weighted by Gasteiger charge is -2.38. The van der Waals surface area contributed by atoms with E-state index in [-0.39, 0.29) is 11.5 Å². The van der Waals surface area contributed by atoms with Gasteiger partial charge in [-0.25, -0.2) is 0 Å². The number of phenols is 3. The summed E-state index contributed by atoms with van der Waals surface area (Å²) in [5.74, 6) is -1.80. The Hall–Kier alpha value is -3.27. The number of aromatic hydroxyl groups is 3. The minimum atomic E-state index is -1.85. The Balaban J connectivity index is 1.80. The van der Waals surface area contributed by atoms with Gasteiger partial charge in [-0.05, 0) is 24.3 Å². The number of ether oxygens (including phenoxy) is 2. The van der Waals surface area contributed by atoms with Gasteiger partial charge in [-0.3, -0.25) is 4.79 Å². The Morgan fingerprint density at radius 3 is 1.76 bits per heavy atom. The van der Waals surface area contributed by atoms with Crippen LogP contribution < -0.4 is 5.43 Å². The van der Waals surface area contributed by atoms with Gasteiger partial charge in [0.2, 0.25) is 0 Å². The Morgan fingerprint density at radius 1 is 0.684 bits per heavy atom. The molecule has 5 rings (SSSR count). The van der Waals surface area contributed by atoms with E-state index >= 15 is 0 Å². The highest BCUT2D eigenvalue weighted by molar-refractivity contribution is 5.91. The summed E-state index contributed by atoms with van der Waals surface area (Å²) < 4.78 is 16.8. The number of aliphatic hydroxyl groups excluding tert-OH is 6. The molecule has 9 N–H and O–H groups in total. The molecule has 2 aromatic carbocycles. The summed E-state index contributed by atoms with van der Waals surface area (Å²) >= 11 is 0. The van der Waals surface area contributed by atoms with Crippen molar-refractivity contribution in [3.8, 4) is 28.6 Å². The van der Waals surface area contributed by atoms with Crippen LogP contribution in [0.1, 0.15) is 23.3 Å². The predicted molar refractivity (Wildman–Crippen MR) is 126 cm³/mol. The molecule has 0 aliphatic carbocycles. The summed E-state index contributed by atoms with van der Waals surface area (Å²) in [5.41, 5.74) is -1.86. The maximum Gasteiger partial charge on any atom is 0.197 e. The zero-order valence-corrected chi connectivity index (χ0v) is 19.6. The van der Waals surface area contributed by atoms with Crippen LogP contribution in [-0.4, -0.2) is 95.8 Å². The largest absolute Gasteiger partial charge is 0.508 e. The van der Waals surface area contributed by atoms with E-state index in [2.05, 4.69) is 0 Å². The van der Waals surface area contributed by atoms with Gasteiger partial charge in [0, 0.05) is 11.6 Å². The first-order valence-electron chi connectivity index (χ1n) is 11.7. The zero-order chi connectivity index (χ0) is 27.5. The number of aliphatic hydroxyl groups is 6. The molecule has 3 heterocycles. The second kappa shape index (κ2) is 9.80. The van der Waals surface area contributed by atoms with E-state index in [9.17, 15) is 50.8 Å². The summed E-state index contributed by atoms with van der Waals surface area (Å²) in [6.07, 6.45) is -13.3. The van der Waals surface area contributed by atoms with Crippen molar-refractivity contribution in [3.05, 3.63) is 51.7 Å². The van der Waals surface area contributed by atoms with Crippen LogP contribution in [0.25, 0.3) is 22.3 Å². The van der Waals surface area contributed by atoms with Crippen molar-refractivity contribution in [1.29, 1.82) is 0 Å². The molecule has 0 unspecified atom stereocenters. The third-order valence-corrected chi connectivity index (χ3v) is 6.92. The summed E-state index contributed by atoms with van der Waals surface area (Å²) in [5, 5.41) is 93.1. The molecule has 2 fully saturated rings. The van der Waals surface area contributed by atoms with Crippen LogP contribution >= 0.6 is 0 Å². The van der Waals surface area contributed by atoms with Crippen molar-refractivity contribution >= 4 is 11.0 Å². The molecule has 2 saturated heterocycles. The molecule has 2 aliphatic heterocycles. The Morgan fingerprint density at radius 2 is 1.21 bits per heavy atom. The molecular weight excluding hydrogens is 508 g/mol. The molecule has 2 aliphatic rings. The fourth-order valence-corrected chi connectivity index (χ4v) is 4.83. The standard InChI is InChI=1S/C25H26O13/c26-9-3-1-8(2-4-9)13-5-10(27)14-19(32)15(24-21(34)17(30)11(28)6-36-24)20(33)16(23(14)38-13)25-22(35)18(31)12(29)7-37-25/h1-5,11-12,17-18,21-22,24-26,28-35H,6-7H2/t11-,12+,17+,18-,21+,22+,24-,25-/m0/s1. The van der Waals surface area contributed by atoms with Gasteiger partial charge in [0.1, 0.15) is 77.2 Å². The van der Waals surface area contributed by atoms with Crippen LogP contribution in [0.4, 0.5) is 0 Å². The van der Waals surface area contributed by atoms with Gasteiger partial charge >= 0.3 is 0 Å². The van der Waals surface area contributed by atoms with Crippen molar-refractivity contribution in [1.82, 2.24) is 0 Å². The molecule has 0 spiro atoms. The third-order valence-electron chi connectivity index (χ3n) is 6.92. The van der Waals surface area contributed by atoms with Gasteiger partial charge < -0.3 is 59.8 Å². The number of benzene rings is 2. The van der Waals surface area contributed by atoms with E-state index in [1.807, 2.05) is 0 Å². The number of hydrogen-bond donors (Lipinski definition) is 9. The smallest absolute Gasteiger partial charge is 0.197 e. The normalized spacial score (nSPS) is 31.9. The minimum Gasteiger partial charge on any atom is -0.508 e. The van der Waals surface area contributed by atoms with Crippen LogP contribution in [0.15, 0.2) is 39.5 Å². The van der Waals surface area contributed by atoms with E-state index in [0.29, 0.717) is 5.56 Å². The highest BCUT2D eigenvalue weighted by Gasteiger charge is 2.46. The Labute approximate surface area is 213 Å². The highest BCUT2D eigenvalue weighted by Crippen LogP contribution is 2.50. The lowest BCUT2D eigenvalue weighted by Crippen LogP contribution is -2.49. The summed E-state index contributed by atoms with van der Waals surface area (Å²) in [7, 11) is 0. The van der Waals surface area contributed by atoms with Crippen molar-refractivity contribution < 1.29 is 59.8 Å². The van der Waals surface area contributed by atoms with Crippen molar-refractivity contribution in [2.75, 3.05) is 13.2 Å². The topological polar surface area (TPSA) is 231 Å².